The van der Waals surface area contributed by atoms with Crippen LogP contribution in [0.2, 0.25) is 0 Å². The molecule has 0 aromatic rings. The van der Waals surface area contributed by atoms with Gasteiger partial charge >= 0.3 is 5.97 Å². The van der Waals surface area contributed by atoms with Crippen LogP contribution in [0.15, 0.2) is 48.6 Å². The van der Waals surface area contributed by atoms with Crippen molar-refractivity contribution < 1.29 is 24.5 Å². The average Bonchev–Trinajstić information content (AvgIpc) is 3.33. The lowest BCUT2D eigenvalue weighted by atomic mass is 10.0. The molecule has 1 amide bonds. The van der Waals surface area contributed by atoms with Crippen molar-refractivity contribution in [1.29, 1.82) is 0 Å². The maximum atomic E-state index is 12.5. The predicted molar refractivity (Wildman–Crippen MR) is 292 cm³/mol. The van der Waals surface area contributed by atoms with Crippen molar-refractivity contribution in [2.45, 2.75) is 315 Å². The normalized spacial score (nSPS) is 13.0. The van der Waals surface area contributed by atoms with Crippen LogP contribution in [0.25, 0.3) is 0 Å². The minimum Gasteiger partial charge on any atom is -0.466 e. The number of ether oxygens (including phenoxy) is 1. The Balaban J connectivity index is 3.51. The Hall–Kier alpha value is -2.18. The summed E-state index contributed by atoms with van der Waals surface area (Å²) < 4.78 is 5.46. The SMILES string of the molecule is CCCCC/C=C\C/C=C\CCCCCCCC(=O)OCCCCCCCCC/C=C\CCCCCCCC(=O)NC(CO)C(O)/C=C/CCCCCCCCCCCCCCCCCCC. The first-order chi connectivity index (χ1) is 33.0. The summed E-state index contributed by atoms with van der Waals surface area (Å²) in [6, 6.07) is -0.642. The van der Waals surface area contributed by atoms with E-state index >= 15 is 0 Å². The molecule has 392 valence electrons. The Labute approximate surface area is 416 Å². The minimum absolute atomic E-state index is 0.0182. The van der Waals surface area contributed by atoms with Gasteiger partial charge in [0.2, 0.25) is 5.91 Å². The van der Waals surface area contributed by atoms with E-state index in [1.807, 2.05) is 6.08 Å². The van der Waals surface area contributed by atoms with Gasteiger partial charge in [0.25, 0.3) is 0 Å². The molecule has 2 atom stereocenters. The third-order valence-corrected chi connectivity index (χ3v) is 13.3. The van der Waals surface area contributed by atoms with Gasteiger partial charge in [0.1, 0.15) is 0 Å². The molecular weight excluding hydrogens is 827 g/mol. The standard InChI is InChI=1S/C61H113NO5/c1-3-5-7-9-11-13-15-17-19-20-21-22-26-29-33-37-41-45-49-53-59(64)58(57-63)62-60(65)54-50-46-42-38-34-30-27-23-24-28-32-36-40-44-48-52-56-67-61(66)55-51-47-43-39-35-31-25-18-16-14-12-10-8-6-4-2/h12,14,18,23,25,27,49,53,58-59,63-64H,3-11,13,15-17,19-22,24,26,28-48,50-52,54-57H2,1-2H3,(H,62,65)/b14-12-,25-18-,27-23-,53-49+. The van der Waals surface area contributed by atoms with E-state index in [9.17, 15) is 19.8 Å². The second-order valence-electron chi connectivity index (χ2n) is 20.0. The molecule has 0 saturated heterocycles. The lowest BCUT2D eigenvalue weighted by molar-refractivity contribution is -0.143. The summed E-state index contributed by atoms with van der Waals surface area (Å²) in [5.41, 5.74) is 0. The lowest BCUT2D eigenvalue weighted by Crippen LogP contribution is -2.45. The fourth-order valence-corrected chi connectivity index (χ4v) is 8.78. The third kappa shape index (κ3) is 53.0. The van der Waals surface area contributed by atoms with E-state index in [4.69, 9.17) is 4.74 Å². The fourth-order valence-electron chi connectivity index (χ4n) is 8.78. The molecule has 0 aliphatic carbocycles. The number of rotatable bonds is 54. The molecule has 3 N–H and O–H groups in total. The Morgan fingerprint density at radius 2 is 0.746 bits per heavy atom. The average molecular weight is 941 g/mol. The van der Waals surface area contributed by atoms with Crippen LogP contribution in [-0.2, 0) is 14.3 Å². The monoisotopic (exact) mass is 940 g/mol. The molecule has 0 saturated carbocycles. The predicted octanol–water partition coefficient (Wildman–Crippen LogP) is 18.2. The number of nitrogens with one attached hydrogen (secondary N) is 1. The third-order valence-electron chi connectivity index (χ3n) is 13.3. The largest absolute Gasteiger partial charge is 0.466 e. The lowest BCUT2D eigenvalue weighted by Gasteiger charge is -2.20. The zero-order chi connectivity index (χ0) is 48.6. The molecule has 0 aliphatic heterocycles. The molecular formula is C61H113NO5. The first kappa shape index (κ1) is 64.8. The van der Waals surface area contributed by atoms with Crippen LogP contribution in [-0.4, -0.2) is 47.4 Å². The molecule has 0 rings (SSSR count). The molecule has 0 aromatic heterocycles. The summed E-state index contributed by atoms with van der Waals surface area (Å²) in [5.74, 6) is -0.103. The second kappa shape index (κ2) is 56.4. The Kier molecular flexibility index (Phi) is 54.6. The van der Waals surface area contributed by atoms with Gasteiger partial charge in [0.15, 0.2) is 0 Å². The Morgan fingerprint density at radius 3 is 1.18 bits per heavy atom. The van der Waals surface area contributed by atoms with Crippen LogP contribution in [0.4, 0.5) is 0 Å². The molecule has 0 spiro atoms. The van der Waals surface area contributed by atoms with Crippen molar-refractivity contribution in [1.82, 2.24) is 5.32 Å². The topological polar surface area (TPSA) is 95.9 Å². The zero-order valence-electron chi connectivity index (χ0n) is 44.6. The number of unbranched alkanes of at least 4 members (excludes halogenated alkanes) is 37. The highest BCUT2D eigenvalue weighted by molar-refractivity contribution is 5.76. The van der Waals surface area contributed by atoms with Crippen LogP contribution < -0.4 is 5.32 Å². The van der Waals surface area contributed by atoms with Crippen molar-refractivity contribution >= 4 is 11.9 Å². The highest BCUT2D eigenvalue weighted by Gasteiger charge is 2.18. The van der Waals surface area contributed by atoms with E-state index in [2.05, 4.69) is 55.6 Å². The van der Waals surface area contributed by atoms with Crippen molar-refractivity contribution in [2.24, 2.45) is 0 Å². The van der Waals surface area contributed by atoms with E-state index < -0.39 is 12.1 Å². The number of carbonyl (C=O) groups is 2. The van der Waals surface area contributed by atoms with E-state index in [0.717, 1.165) is 70.6 Å². The molecule has 0 aromatic carbocycles. The van der Waals surface area contributed by atoms with Crippen LogP contribution in [0.5, 0.6) is 0 Å². The van der Waals surface area contributed by atoms with Gasteiger partial charge in [0.05, 0.1) is 25.4 Å². The first-order valence-electron chi connectivity index (χ1n) is 29.4. The molecule has 2 unspecified atom stereocenters. The van der Waals surface area contributed by atoms with Gasteiger partial charge in [0, 0.05) is 12.8 Å². The van der Waals surface area contributed by atoms with Crippen molar-refractivity contribution in [3.63, 3.8) is 0 Å². The van der Waals surface area contributed by atoms with E-state index in [-0.39, 0.29) is 18.5 Å². The number of aliphatic hydroxyl groups excluding tert-OH is 2. The number of aliphatic hydroxyl groups is 2. The number of hydrogen-bond donors (Lipinski definition) is 3. The van der Waals surface area contributed by atoms with Crippen molar-refractivity contribution in [3.05, 3.63) is 48.6 Å². The summed E-state index contributed by atoms with van der Waals surface area (Å²) in [5, 5.41) is 23.1. The molecule has 0 bridgehead atoms. The summed E-state index contributed by atoms with van der Waals surface area (Å²) in [6.45, 7) is 4.85. The fraction of sp³-hybridized carbons (Fsp3) is 0.836. The molecule has 0 aliphatic rings. The maximum absolute atomic E-state index is 12.5. The minimum atomic E-state index is -0.857. The highest BCUT2D eigenvalue weighted by Crippen LogP contribution is 2.16. The highest BCUT2D eigenvalue weighted by atomic mass is 16.5. The number of amides is 1. The smallest absolute Gasteiger partial charge is 0.305 e. The van der Waals surface area contributed by atoms with Gasteiger partial charge in [-0.1, -0.05) is 249 Å². The maximum Gasteiger partial charge on any atom is 0.305 e. The van der Waals surface area contributed by atoms with Crippen molar-refractivity contribution in [3.8, 4) is 0 Å². The summed E-state index contributed by atoms with van der Waals surface area (Å²) in [4.78, 5) is 24.5. The van der Waals surface area contributed by atoms with Crippen LogP contribution in [0.3, 0.4) is 0 Å². The van der Waals surface area contributed by atoms with Crippen LogP contribution in [0, 0.1) is 0 Å². The van der Waals surface area contributed by atoms with Gasteiger partial charge in [-0.05, 0) is 89.9 Å². The number of allylic oxidation sites excluding steroid dienone is 7. The zero-order valence-corrected chi connectivity index (χ0v) is 44.6. The quantitative estimate of drug-likeness (QED) is 0.0321. The number of esters is 1. The van der Waals surface area contributed by atoms with Gasteiger partial charge in [-0.25, -0.2) is 0 Å². The van der Waals surface area contributed by atoms with E-state index in [1.165, 1.54) is 205 Å². The molecule has 0 heterocycles. The molecule has 67 heavy (non-hydrogen) atoms. The molecule has 6 heteroatoms. The molecule has 0 radical (unpaired) electrons. The van der Waals surface area contributed by atoms with Crippen LogP contribution >= 0.6 is 0 Å². The number of carbonyl (C=O) groups excluding carboxylic acids is 2. The summed E-state index contributed by atoms with van der Waals surface area (Å²) in [7, 11) is 0. The molecule has 0 fully saturated rings. The van der Waals surface area contributed by atoms with Gasteiger partial charge in [-0.2, -0.15) is 0 Å². The Bertz CT molecular complexity index is 1130. The van der Waals surface area contributed by atoms with Crippen molar-refractivity contribution in [2.75, 3.05) is 13.2 Å². The second-order valence-corrected chi connectivity index (χ2v) is 20.0. The van der Waals surface area contributed by atoms with Gasteiger partial charge < -0.3 is 20.3 Å². The van der Waals surface area contributed by atoms with E-state index in [0.29, 0.717) is 19.4 Å². The van der Waals surface area contributed by atoms with E-state index in [1.54, 1.807) is 6.08 Å². The summed E-state index contributed by atoms with van der Waals surface area (Å²) in [6.07, 6.45) is 71.3. The Morgan fingerprint density at radius 1 is 0.418 bits per heavy atom. The van der Waals surface area contributed by atoms with Crippen LogP contribution in [0.1, 0.15) is 303 Å². The van der Waals surface area contributed by atoms with Gasteiger partial charge in [-0.15, -0.1) is 0 Å². The number of hydrogen-bond acceptors (Lipinski definition) is 5. The molecule has 6 nitrogen and oxygen atoms in total. The first-order valence-corrected chi connectivity index (χ1v) is 29.4. The van der Waals surface area contributed by atoms with Gasteiger partial charge in [-0.3, -0.25) is 9.59 Å². The summed E-state index contributed by atoms with van der Waals surface area (Å²) >= 11 is 0.